The molecule has 0 amide bonds. The van der Waals surface area contributed by atoms with Crippen LogP contribution in [0.3, 0.4) is 0 Å². The van der Waals surface area contributed by atoms with Crippen LogP contribution in [0, 0.1) is 11.2 Å². The van der Waals surface area contributed by atoms with E-state index in [4.69, 9.17) is 4.74 Å². The minimum Gasteiger partial charge on any atom is -0.356 e. The number of carbonyl (C=O) groups excluding carboxylic acids is 1. The van der Waals surface area contributed by atoms with Crippen molar-refractivity contribution in [1.82, 2.24) is 0 Å². The van der Waals surface area contributed by atoms with Gasteiger partial charge in [0.2, 0.25) is 0 Å². The summed E-state index contributed by atoms with van der Waals surface area (Å²) in [5, 5.41) is 0. The second kappa shape index (κ2) is 3.67. The third-order valence-electron chi connectivity index (χ3n) is 2.70. The fourth-order valence-electron chi connectivity index (χ4n) is 1.68. The van der Waals surface area contributed by atoms with Crippen molar-refractivity contribution < 1.29 is 13.9 Å². The number of hydrogen-bond acceptors (Lipinski definition) is 2. The van der Waals surface area contributed by atoms with Gasteiger partial charge in [-0.3, -0.25) is 4.79 Å². The van der Waals surface area contributed by atoms with Crippen LogP contribution in [0.2, 0.25) is 0 Å². The summed E-state index contributed by atoms with van der Waals surface area (Å²) < 4.78 is 18.7. The number of halogens is 1. The van der Waals surface area contributed by atoms with Crippen LogP contribution < -0.4 is 0 Å². The highest BCUT2D eigenvalue weighted by molar-refractivity contribution is 5.90. The lowest BCUT2D eigenvalue weighted by Crippen LogP contribution is -2.25. The van der Waals surface area contributed by atoms with E-state index in [1.54, 1.807) is 18.2 Å². The Morgan fingerprint density at radius 2 is 1.94 bits per heavy atom. The molecule has 0 N–H and O–H groups in total. The molecule has 0 radical (unpaired) electrons. The Balaban J connectivity index is 2.13. The Labute approximate surface area is 94.4 Å². The molecule has 1 saturated heterocycles. The summed E-state index contributed by atoms with van der Waals surface area (Å²) in [7, 11) is 0. The molecule has 16 heavy (non-hydrogen) atoms. The average molecular weight is 222 g/mol. The van der Waals surface area contributed by atoms with Crippen molar-refractivity contribution in [2.24, 2.45) is 5.41 Å². The molecule has 2 atom stereocenters. The van der Waals surface area contributed by atoms with Gasteiger partial charge in [-0.05, 0) is 6.07 Å². The monoisotopic (exact) mass is 222 g/mol. The Kier molecular flexibility index (Phi) is 2.58. The van der Waals surface area contributed by atoms with Gasteiger partial charge in [-0.2, -0.15) is 0 Å². The summed E-state index contributed by atoms with van der Waals surface area (Å²) in [6.45, 7) is 5.53. The average Bonchev–Trinajstić information content (AvgIpc) is 2.95. The van der Waals surface area contributed by atoms with Gasteiger partial charge in [0.15, 0.2) is 5.78 Å². The summed E-state index contributed by atoms with van der Waals surface area (Å²) in [4.78, 5) is 11.9. The van der Waals surface area contributed by atoms with Crippen LogP contribution in [0.25, 0.3) is 0 Å². The molecule has 2 nitrogen and oxygen atoms in total. The number of benzene rings is 1. The Morgan fingerprint density at radius 3 is 2.50 bits per heavy atom. The zero-order chi connectivity index (χ0) is 11.9. The van der Waals surface area contributed by atoms with E-state index in [1.165, 1.54) is 6.07 Å². The van der Waals surface area contributed by atoms with Gasteiger partial charge >= 0.3 is 0 Å². The molecule has 3 heteroatoms. The molecule has 1 heterocycles. The van der Waals surface area contributed by atoms with Crippen molar-refractivity contribution in [2.45, 2.75) is 33.0 Å². The molecule has 0 saturated carbocycles. The topological polar surface area (TPSA) is 29.6 Å². The molecule has 2 rings (SSSR count). The molecular weight excluding hydrogens is 207 g/mol. The molecule has 0 aromatic heterocycles. The quantitative estimate of drug-likeness (QED) is 0.720. The highest BCUT2D eigenvalue weighted by Gasteiger charge is 2.50. The number of epoxide rings is 1. The molecule has 2 unspecified atom stereocenters. The third-order valence-corrected chi connectivity index (χ3v) is 2.70. The van der Waals surface area contributed by atoms with Gasteiger partial charge in [0.25, 0.3) is 0 Å². The molecular formula is C13H15FO2. The van der Waals surface area contributed by atoms with Gasteiger partial charge in [0.1, 0.15) is 18.0 Å². The van der Waals surface area contributed by atoms with Crippen molar-refractivity contribution in [2.75, 3.05) is 0 Å². The zero-order valence-electron chi connectivity index (χ0n) is 9.66. The lowest BCUT2D eigenvalue weighted by atomic mass is 9.87. The number of ether oxygens (including phenoxy) is 1. The van der Waals surface area contributed by atoms with Crippen molar-refractivity contribution in [3.05, 3.63) is 35.6 Å². The van der Waals surface area contributed by atoms with E-state index in [0.29, 0.717) is 5.56 Å². The van der Waals surface area contributed by atoms with Gasteiger partial charge in [-0.25, -0.2) is 4.39 Å². The van der Waals surface area contributed by atoms with E-state index in [9.17, 15) is 9.18 Å². The summed E-state index contributed by atoms with van der Waals surface area (Å²) in [6, 6.07) is 6.42. The number of carbonyl (C=O) groups is 1. The molecule has 1 aromatic carbocycles. The molecule has 1 aromatic rings. The number of hydrogen-bond donors (Lipinski definition) is 0. The maximum atomic E-state index is 13.4. The molecule has 1 aliphatic heterocycles. The smallest absolute Gasteiger partial charge is 0.169 e. The first-order valence-electron chi connectivity index (χ1n) is 5.35. The standard InChI is InChI=1S/C13H15FO2/c1-13(2,3)12(15)11-10(16-11)8-6-4-5-7-9(8)14/h4-7,10-11H,1-3H3. The van der Waals surface area contributed by atoms with Crippen LogP contribution in [-0.4, -0.2) is 11.9 Å². The molecule has 0 aliphatic carbocycles. The van der Waals surface area contributed by atoms with Crippen LogP contribution in [-0.2, 0) is 9.53 Å². The fourth-order valence-corrected chi connectivity index (χ4v) is 1.68. The van der Waals surface area contributed by atoms with Gasteiger partial charge in [-0.1, -0.05) is 39.0 Å². The summed E-state index contributed by atoms with van der Waals surface area (Å²) in [6.07, 6.45) is -0.871. The van der Waals surface area contributed by atoms with Gasteiger partial charge < -0.3 is 4.74 Å². The molecule has 1 aliphatic rings. The zero-order valence-corrected chi connectivity index (χ0v) is 9.66. The third kappa shape index (κ3) is 2.00. The minimum atomic E-state index is -0.475. The van der Waals surface area contributed by atoms with Crippen LogP contribution in [0.15, 0.2) is 24.3 Å². The van der Waals surface area contributed by atoms with Gasteiger partial charge in [0.05, 0.1) is 0 Å². The minimum absolute atomic E-state index is 0.0285. The fraction of sp³-hybridized carbons (Fsp3) is 0.462. The predicted molar refractivity (Wildman–Crippen MR) is 58.5 cm³/mol. The predicted octanol–water partition coefficient (Wildman–Crippen LogP) is 2.88. The molecule has 86 valence electrons. The molecule has 1 fully saturated rings. The van der Waals surface area contributed by atoms with Crippen molar-refractivity contribution in [3.63, 3.8) is 0 Å². The number of Topliss-reactive ketones (excluding diaryl/α,β-unsaturated/α-hetero) is 1. The van der Waals surface area contributed by atoms with E-state index < -0.39 is 17.6 Å². The Morgan fingerprint density at radius 1 is 1.31 bits per heavy atom. The Hall–Kier alpha value is -1.22. The second-order valence-corrected chi connectivity index (χ2v) is 5.11. The van der Waals surface area contributed by atoms with Crippen LogP contribution >= 0.6 is 0 Å². The van der Waals surface area contributed by atoms with Gasteiger partial charge in [-0.15, -0.1) is 0 Å². The Bertz CT molecular complexity index is 420. The van der Waals surface area contributed by atoms with Crippen LogP contribution in [0.5, 0.6) is 0 Å². The molecule has 0 bridgehead atoms. The van der Waals surface area contributed by atoms with Crippen molar-refractivity contribution in [1.29, 1.82) is 0 Å². The largest absolute Gasteiger partial charge is 0.356 e. The summed E-state index contributed by atoms with van der Waals surface area (Å²) in [5.41, 5.74) is 0.0371. The summed E-state index contributed by atoms with van der Waals surface area (Å²) >= 11 is 0. The normalized spacial score (nSPS) is 24.2. The van der Waals surface area contributed by atoms with E-state index in [0.717, 1.165) is 0 Å². The maximum absolute atomic E-state index is 13.4. The molecule has 0 spiro atoms. The number of rotatable bonds is 2. The van der Waals surface area contributed by atoms with E-state index >= 15 is 0 Å². The summed E-state index contributed by atoms with van der Waals surface area (Å²) in [5.74, 6) is -0.280. The van der Waals surface area contributed by atoms with Crippen LogP contribution in [0.1, 0.15) is 32.4 Å². The highest BCUT2D eigenvalue weighted by atomic mass is 19.1. The first-order chi connectivity index (χ1) is 7.41. The van der Waals surface area contributed by atoms with Crippen molar-refractivity contribution >= 4 is 5.78 Å². The SMILES string of the molecule is CC(C)(C)C(=O)C1OC1c1ccccc1F. The lowest BCUT2D eigenvalue weighted by Gasteiger charge is -2.14. The maximum Gasteiger partial charge on any atom is 0.169 e. The van der Waals surface area contributed by atoms with Crippen LogP contribution in [0.4, 0.5) is 4.39 Å². The second-order valence-electron chi connectivity index (χ2n) is 5.11. The number of ketones is 1. The van der Waals surface area contributed by atoms with Crippen molar-refractivity contribution in [3.8, 4) is 0 Å². The van der Waals surface area contributed by atoms with E-state index in [1.807, 2.05) is 20.8 Å². The first-order valence-corrected chi connectivity index (χ1v) is 5.35. The van der Waals surface area contributed by atoms with E-state index in [-0.39, 0.29) is 11.6 Å². The van der Waals surface area contributed by atoms with Gasteiger partial charge in [0, 0.05) is 11.0 Å². The first kappa shape index (κ1) is 11.3. The highest BCUT2D eigenvalue weighted by Crippen LogP contribution is 2.43. The lowest BCUT2D eigenvalue weighted by molar-refractivity contribution is -0.127. The van der Waals surface area contributed by atoms with E-state index in [2.05, 4.69) is 0 Å².